The van der Waals surface area contributed by atoms with E-state index in [0.717, 1.165) is 71.6 Å². The minimum absolute atomic E-state index is 0.140. The Morgan fingerprint density at radius 2 is 1.02 bits per heavy atom. The van der Waals surface area contributed by atoms with Gasteiger partial charge in [0, 0.05) is 17.0 Å². The molecule has 50 heavy (non-hydrogen) atoms. The van der Waals surface area contributed by atoms with Crippen LogP contribution in [0, 0.1) is 36.5 Å². The number of Topliss-reactive ketones (excluding diaryl/α,β-unsaturated/α-hetero) is 1. The summed E-state index contributed by atoms with van der Waals surface area (Å²) >= 11 is 0. The van der Waals surface area contributed by atoms with Crippen molar-refractivity contribution in [3.05, 3.63) is 47.0 Å². The summed E-state index contributed by atoms with van der Waals surface area (Å²) in [6, 6.07) is 9.59. The Hall–Kier alpha value is -2.29. The minimum atomic E-state index is -0.505. The predicted octanol–water partition coefficient (Wildman–Crippen LogP) is 14.1. The average molecular weight is 683 g/mol. The topological polar surface area (TPSA) is 46.5 Å². The molecule has 0 bridgehead atoms. The first-order valence-corrected chi connectivity index (χ1v) is 21.5. The number of phenolic OH excluding ortho intramolecular Hbond substituents is 1. The third-order valence-corrected chi connectivity index (χ3v) is 13.7. The van der Waals surface area contributed by atoms with E-state index < -0.39 is 5.60 Å². The fourth-order valence-corrected chi connectivity index (χ4v) is 10.9. The third-order valence-electron chi connectivity index (χ3n) is 13.7. The van der Waals surface area contributed by atoms with E-state index in [4.69, 9.17) is 4.74 Å². The highest BCUT2D eigenvalue weighted by atomic mass is 16.5. The number of phenols is 1. The van der Waals surface area contributed by atoms with E-state index in [0.29, 0.717) is 11.3 Å². The van der Waals surface area contributed by atoms with E-state index in [9.17, 15) is 9.90 Å². The summed E-state index contributed by atoms with van der Waals surface area (Å²) < 4.78 is 6.18. The van der Waals surface area contributed by atoms with Crippen LogP contribution in [0.15, 0.2) is 30.3 Å². The molecule has 276 valence electrons. The summed E-state index contributed by atoms with van der Waals surface area (Å²) in [7, 11) is 0. The van der Waals surface area contributed by atoms with Crippen LogP contribution in [0.4, 0.5) is 0 Å². The molecule has 5 aliphatic carbocycles. The number of rotatable bonds is 4. The van der Waals surface area contributed by atoms with Crippen LogP contribution >= 0.6 is 0 Å². The van der Waals surface area contributed by atoms with Crippen molar-refractivity contribution in [3.8, 4) is 22.6 Å². The standard InChI is InChI=1S/C23H26O3.2C12H22/c1-14-11-19(24)21-17-13-16(22(25)15-7-5-4-6-8-15)9-10-18(17)23(2,3)26-20(21)12-14;2*1-3-7-11(8-4-1)12-9-5-2-6-10-12/h9-13,15,24H,4-8H2,1-3H3;2*11-12H,1-10H2. The lowest BCUT2D eigenvalue weighted by molar-refractivity contribution is 0.0887. The van der Waals surface area contributed by atoms with E-state index >= 15 is 0 Å². The van der Waals surface area contributed by atoms with Crippen molar-refractivity contribution < 1.29 is 14.6 Å². The monoisotopic (exact) mass is 683 g/mol. The number of fused-ring (bicyclic) bond motifs is 3. The Bertz CT molecular complexity index is 1300. The lowest BCUT2D eigenvalue weighted by atomic mass is 9.73. The van der Waals surface area contributed by atoms with Crippen molar-refractivity contribution in [1.29, 1.82) is 0 Å². The molecular formula is C47H70O3. The first-order valence-electron chi connectivity index (χ1n) is 21.5. The maximum atomic E-state index is 13.0. The molecule has 0 amide bonds. The van der Waals surface area contributed by atoms with E-state index in [1.807, 2.05) is 45.0 Å². The minimum Gasteiger partial charge on any atom is -0.507 e. The van der Waals surface area contributed by atoms with Gasteiger partial charge in [0.15, 0.2) is 5.78 Å². The van der Waals surface area contributed by atoms with Crippen molar-refractivity contribution >= 4 is 5.78 Å². The Morgan fingerprint density at radius 1 is 0.600 bits per heavy atom. The summed E-state index contributed by atoms with van der Waals surface area (Å²) in [6.45, 7) is 5.99. The van der Waals surface area contributed by atoms with E-state index in [-0.39, 0.29) is 17.5 Å². The van der Waals surface area contributed by atoms with Gasteiger partial charge in [-0.3, -0.25) is 4.79 Å². The van der Waals surface area contributed by atoms with Gasteiger partial charge in [0.1, 0.15) is 17.1 Å². The second-order valence-corrected chi connectivity index (χ2v) is 17.8. The smallest absolute Gasteiger partial charge is 0.165 e. The van der Waals surface area contributed by atoms with Gasteiger partial charge < -0.3 is 9.84 Å². The van der Waals surface area contributed by atoms with Crippen LogP contribution in [0.3, 0.4) is 0 Å². The molecule has 2 aromatic rings. The Kier molecular flexibility index (Phi) is 13.5. The molecule has 2 aromatic carbocycles. The zero-order valence-electron chi connectivity index (χ0n) is 32.2. The second-order valence-electron chi connectivity index (χ2n) is 17.8. The zero-order chi connectivity index (χ0) is 34.9. The number of hydrogen-bond donors (Lipinski definition) is 1. The molecule has 0 spiro atoms. The van der Waals surface area contributed by atoms with Gasteiger partial charge in [-0.25, -0.2) is 0 Å². The van der Waals surface area contributed by atoms with Gasteiger partial charge in [0.2, 0.25) is 0 Å². The SMILES string of the molecule is C1CCC(C2CCCCC2)CC1.C1CCC(C2CCCCC2)CC1.Cc1cc(O)c2c(c1)OC(C)(C)c1ccc(C(=O)C3CCCCC3)cc1-2. The molecule has 3 nitrogen and oxygen atoms in total. The van der Waals surface area contributed by atoms with Crippen LogP contribution in [0.2, 0.25) is 0 Å². The third kappa shape index (κ3) is 9.57. The fraction of sp³-hybridized carbons (Fsp3) is 0.723. The van der Waals surface area contributed by atoms with Crippen molar-refractivity contribution in [2.24, 2.45) is 29.6 Å². The highest BCUT2D eigenvalue weighted by molar-refractivity contribution is 6.00. The number of aromatic hydroxyl groups is 1. The van der Waals surface area contributed by atoms with E-state index in [1.54, 1.807) is 57.4 Å². The molecule has 0 unspecified atom stereocenters. The normalized spacial score (nSPS) is 23.6. The number of benzene rings is 2. The molecular weight excluding hydrogens is 613 g/mol. The number of hydrogen-bond acceptors (Lipinski definition) is 3. The van der Waals surface area contributed by atoms with Gasteiger partial charge in [0.25, 0.3) is 0 Å². The Balaban J connectivity index is 0.000000149. The Labute approximate surface area is 305 Å². The average Bonchev–Trinajstić information content (AvgIpc) is 3.16. The van der Waals surface area contributed by atoms with Crippen molar-refractivity contribution in [2.45, 2.75) is 187 Å². The fourth-order valence-electron chi connectivity index (χ4n) is 10.9. The highest BCUT2D eigenvalue weighted by Gasteiger charge is 2.35. The van der Waals surface area contributed by atoms with Gasteiger partial charge in [-0.15, -0.1) is 0 Å². The van der Waals surface area contributed by atoms with Crippen LogP contribution in [0.1, 0.15) is 196 Å². The van der Waals surface area contributed by atoms with Gasteiger partial charge in [0.05, 0.1) is 5.56 Å². The zero-order valence-corrected chi connectivity index (χ0v) is 32.2. The lowest BCUT2D eigenvalue weighted by Crippen LogP contribution is -2.29. The molecule has 8 rings (SSSR count). The van der Waals surface area contributed by atoms with Gasteiger partial charge >= 0.3 is 0 Å². The molecule has 5 saturated carbocycles. The number of aryl methyl sites for hydroxylation is 1. The molecule has 1 N–H and O–H groups in total. The van der Waals surface area contributed by atoms with Crippen LogP contribution in [-0.4, -0.2) is 10.9 Å². The first kappa shape index (κ1) is 37.5. The molecule has 5 fully saturated rings. The van der Waals surface area contributed by atoms with Crippen LogP contribution in [-0.2, 0) is 5.60 Å². The first-order chi connectivity index (χ1) is 24.3. The molecule has 0 saturated heterocycles. The maximum Gasteiger partial charge on any atom is 0.165 e. The summed E-state index contributed by atoms with van der Waals surface area (Å²) in [5.41, 5.74) is 3.81. The molecule has 1 aliphatic heterocycles. The summed E-state index contributed by atoms with van der Waals surface area (Å²) in [5, 5.41) is 10.6. The summed E-state index contributed by atoms with van der Waals surface area (Å²) in [6.07, 6.45) is 36.3. The summed E-state index contributed by atoms with van der Waals surface area (Å²) in [4.78, 5) is 13.0. The maximum absolute atomic E-state index is 13.0. The highest BCUT2D eigenvalue weighted by Crippen LogP contribution is 2.50. The molecule has 0 radical (unpaired) electrons. The van der Waals surface area contributed by atoms with Gasteiger partial charge in [-0.05, 0) is 86.6 Å². The largest absolute Gasteiger partial charge is 0.507 e. The van der Waals surface area contributed by atoms with Crippen molar-refractivity contribution in [1.82, 2.24) is 0 Å². The van der Waals surface area contributed by atoms with Crippen molar-refractivity contribution in [2.75, 3.05) is 0 Å². The molecule has 1 heterocycles. The second kappa shape index (κ2) is 18.0. The van der Waals surface area contributed by atoms with Crippen LogP contribution < -0.4 is 4.74 Å². The predicted molar refractivity (Wildman–Crippen MR) is 209 cm³/mol. The van der Waals surface area contributed by atoms with Crippen molar-refractivity contribution in [3.63, 3.8) is 0 Å². The summed E-state index contributed by atoms with van der Waals surface area (Å²) in [5.74, 6) is 5.82. The quantitative estimate of drug-likeness (QED) is 0.327. The lowest BCUT2D eigenvalue weighted by Gasteiger charge is -2.35. The van der Waals surface area contributed by atoms with E-state index in [2.05, 4.69) is 0 Å². The molecule has 0 aromatic heterocycles. The Morgan fingerprint density at radius 3 is 1.46 bits per heavy atom. The number of carbonyl (C=O) groups is 1. The molecule has 0 atom stereocenters. The van der Waals surface area contributed by atoms with Gasteiger partial charge in [-0.2, -0.15) is 0 Å². The van der Waals surface area contributed by atoms with Gasteiger partial charge in [-0.1, -0.05) is 160 Å². The molecule has 6 aliphatic rings. The van der Waals surface area contributed by atoms with E-state index in [1.165, 1.54) is 83.5 Å². The number of ketones is 1. The van der Waals surface area contributed by atoms with Crippen LogP contribution in [0.25, 0.3) is 11.1 Å². The van der Waals surface area contributed by atoms with Crippen LogP contribution in [0.5, 0.6) is 11.5 Å². The molecule has 3 heteroatoms. The number of carbonyl (C=O) groups excluding carboxylic acids is 1. The number of ether oxygens (including phenoxy) is 1.